The van der Waals surface area contributed by atoms with E-state index in [0.717, 1.165) is 20.8 Å². The Kier molecular flexibility index (Phi) is 8.28. The number of aryl methyl sites for hydroxylation is 1. The Morgan fingerprint density at radius 3 is 2.37 bits per heavy atom. The number of carbonyl (C=O) groups is 3. The number of carbonyl (C=O) groups excluding carboxylic acids is 3. The fourth-order valence-corrected chi connectivity index (χ4v) is 4.15. The molecule has 13 nitrogen and oxygen atoms in total. The Labute approximate surface area is 211 Å². The van der Waals surface area contributed by atoms with Gasteiger partial charge in [-0.25, -0.2) is 13.8 Å². The highest BCUT2D eigenvalue weighted by molar-refractivity contribution is 5.87. The van der Waals surface area contributed by atoms with Crippen molar-refractivity contribution < 1.29 is 46.2 Å². The van der Waals surface area contributed by atoms with Crippen LogP contribution < -0.4 is 16.6 Å². The average molecular weight is 551 g/mol. The zero-order chi connectivity index (χ0) is 28.5. The van der Waals surface area contributed by atoms with Crippen molar-refractivity contribution in [1.29, 1.82) is 0 Å². The number of nitrogens with zero attached hydrogens (tertiary/aromatic N) is 3. The van der Waals surface area contributed by atoms with Crippen LogP contribution in [0.3, 0.4) is 0 Å². The van der Waals surface area contributed by atoms with Gasteiger partial charge in [0.25, 0.3) is 5.56 Å². The molecule has 3 heterocycles. The number of esters is 2. The molecule has 0 aliphatic carbocycles. The molecule has 17 heteroatoms. The van der Waals surface area contributed by atoms with Crippen molar-refractivity contribution in [1.82, 2.24) is 19.1 Å². The summed E-state index contributed by atoms with van der Waals surface area (Å²) in [6.07, 6.45) is -14.7. The molecule has 0 saturated carbocycles. The third-order valence-electron chi connectivity index (χ3n) is 5.57. The minimum atomic E-state index is -4.71. The van der Waals surface area contributed by atoms with Gasteiger partial charge in [-0.15, -0.1) is 0 Å². The summed E-state index contributed by atoms with van der Waals surface area (Å²) in [5, 5.41) is 2.18. The second kappa shape index (κ2) is 10.9. The first-order valence-electron chi connectivity index (χ1n) is 11.4. The molecule has 1 saturated heterocycles. The van der Waals surface area contributed by atoms with Gasteiger partial charge in [-0.2, -0.15) is 18.2 Å². The van der Waals surface area contributed by atoms with Crippen LogP contribution in [0.5, 0.6) is 0 Å². The third kappa shape index (κ3) is 6.03. The maximum atomic E-state index is 15.6. The molecule has 1 amide bonds. The number of amides is 1. The van der Waals surface area contributed by atoms with Crippen molar-refractivity contribution in [3.8, 4) is 0 Å². The molecule has 0 spiro atoms. The molecule has 0 radical (unpaired) electrons. The maximum Gasteiger partial charge on any atom is 0.390 e. The van der Waals surface area contributed by atoms with Crippen LogP contribution in [0.1, 0.15) is 46.8 Å². The summed E-state index contributed by atoms with van der Waals surface area (Å²) in [5.74, 6) is -2.89. The molecule has 1 fully saturated rings. The van der Waals surface area contributed by atoms with E-state index in [1.807, 2.05) is 0 Å². The Morgan fingerprint density at radius 1 is 1.18 bits per heavy atom. The minimum absolute atomic E-state index is 0.0526. The first-order valence-corrected chi connectivity index (χ1v) is 11.4. The first-order chi connectivity index (χ1) is 17.6. The molecule has 38 heavy (non-hydrogen) atoms. The third-order valence-corrected chi connectivity index (χ3v) is 5.57. The lowest BCUT2D eigenvalue weighted by molar-refractivity contribution is -0.159. The number of ether oxygens (including phenoxy) is 3. The normalized spacial score (nSPS) is 22.3. The monoisotopic (exact) mass is 551 g/mol. The van der Waals surface area contributed by atoms with Crippen LogP contribution in [0, 0.1) is 0 Å². The largest absolute Gasteiger partial charge is 0.460 e. The standard InChI is InChI=1S/C21H25F4N5O8/c1-5-11(36-9(3)32)14-12(22)15(37-10(4)33)18(38-14)30-16-13(17(34)28-19(27-16)26-8(2)31)29(20(30)35)7-6-21(23,24)25/h11-12,14-15,18H,5-7H2,1-4H3,(H2,26,27,28,31,34)/t11?,12-,14+,15+,18+/m0/s1. The van der Waals surface area contributed by atoms with Gasteiger partial charge >= 0.3 is 23.8 Å². The Hall–Kier alpha value is -3.76. The van der Waals surface area contributed by atoms with E-state index in [-0.39, 0.29) is 6.42 Å². The summed E-state index contributed by atoms with van der Waals surface area (Å²) >= 11 is 0. The molecule has 3 rings (SSSR count). The number of aromatic amines is 1. The molecule has 2 N–H and O–H groups in total. The van der Waals surface area contributed by atoms with E-state index in [2.05, 4.69) is 15.3 Å². The Bertz CT molecular complexity index is 1350. The molecular formula is C21H25F4N5O8. The minimum Gasteiger partial charge on any atom is -0.460 e. The van der Waals surface area contributed by atoms with Crippen molar-refractivity contribution in [3.63, 3.8) is 0 Å². The molecular weight excluding hydrogens is 526 g/mol. The van der Waals surface area contributed by atoms with Crippen LogP contribution in [0.4, 0.5) is 23.5 Å². The van der Waals surface area contributed by atoms with Crippen molar-refractivity contribution in [2.75, 3.05) is 5.32 Å². The maximum absolute atomic E-state index is 15.6. The smallest absolute Gasteiger partial charge is 0.390 e. The van der Waals surface area contributed by atoms with E-state index in [1.165, 1.54) is 0 Å². The van der Waals surface area contributed by atoms with Gasteiger partial charge in [0.15, 0.2) is 29.7 Å². The van der Waals surface area contributed by atoms with E-state index < -0.39 is 96.1 Å². The zero-order valence-corrected chi connectivity index (χ0v) is 20.6. The number of rotatable bonds is 8. The van der Waals surface area contributed by atoms with Crippen LogP contribution in [0.25, 0.3) is 11.2 Å². The van der Waals surface area contributed by atoms with Crippen molar-refractivity contribution in [2.45, 2.75) is 84.0 Å². The Balaban J connectivity index is 2.25. The lowest BCUT2D eigenvalue weighted by Crippen LogP contribution is -2.40. The number of imidazole rings is 1. The fourth-order valence-electron chi connectivity index (χ4n) is 4.15. The summed E-state index contributed by atoms with van der Waals surface area (Å²) < 4.78 is 71.5. The number of hydrogen-bond donors (Lipinski definition) is 2. The highest BCUT2D eigenvalue weighted by Gasteiger charge is 2.53. The molecule has 1 aliphatic heterocycles. The molecule has 2 aromatic heterocycles. The summed E-state index contributed by atoms with van der Waals surface area (Å²) in [6.45, 7) is 3.65. The molecule has 1 unspecified atom stereocenters. The van der Waals surface area contributed by atoms with Crippen LogP contribution in [0.15, 0.2) is 9.59 Å². The van der Waals surface area contributed by atoms with E-state index >= 15 is 4.39 Å². The zero-order valence-electron chi connectivity index (χ0n) is 20.6. The molecule has 0 aromatic carbocycles. The highest BCUT2D eigenvalue weighted by atomic mass is 19.4. The average Bonchev–Trinajstić information content (AvgIpc) is 3.22. The van der Waals surface area contributed by atoms with Gasteiger partial charge in [-0.05, 0) is 6.42 Å². The summed E-state index contributed by atoms with van der Waals surface area (Å²) in [4.78, 5) is 67.1. The summed E-state index contributed by atoms with van der Waals surface area (Å²) in [5.41, 5.74) is -3.53. The number of halogens is 4. The van der Waals surface area contributed by atoms with Gasteiger partial charge in [0.1, 0.15) is 12.2 Å². The first kappa shape index (κ1) is 28.8. The van der Waals surface area contributed by atoms with Gasteiger partial charge in [0.05, 0.1) is 6.42 Å². The van der Waals surface area contributed by atoms with Crippen molar-refractivity contribution in [3.05, 3.63) is 20.8 Å². The number of fused-ring (bicyclic) bond motifs is 1. The molecule has 0 bridgehead atoms. The molecule has 210 valence electrons. The van der Waals surface area contributed by atoms with E-state index in [9.17, 15) is 37.1 Å². The number of nitrogens with one attached hydrogen (secondary N) is 2. The van der Waals surface area contributed by atoms with Crippen LogP contribution in [-0.4, -0.2) is 67.6 Å². The lowest BCUT2D eigenvalue weighted by Gasteiger charge is -2.23. The van der Waals surface area contributed by atoms with Gasteiger partial charge in [0, 0.05) is 27.3 Å². The van der Waals surface area contributed by atoms with Crippen LogP contribution in [-0.2, 0) is 35.1 Å². The predicted molar refractivity (Wildman–Crippen MR) is 120 cm³/mol. The van der Waals surface area contributed by atoms with E-state index in [0.29, 0.717) is 9.13 Å². The molecule has 5 atom stereocenters. The quantitative estimate of drug-likeness (QED) is 0.364. The van der Waals surface area contributed by atoms with Gasteiger partial charge < -0.3 is 14.2 Å². The molecule has 2 aromatic rings. The number of alkyl halides is 4. The van der Waals surface area contributed by atoms with E-state index in [4.69, 9.17) is 14.2 Å². The summed E-state index contributed by atoms with van der Waals surface area (Å²) in [7, 11) is 0. The fraction of sp³-hybridized carbons (Fsp3) is 0.619. The second-order valence-corrected chi connectivity index (χ2v) is 8.50. The number of anilines is 1. The van der Waals surface area contributed by atoms with Crippen LogP contribution in [0.2, 0.25) is 0 Å². The summed E-state index contributed by atoms with van der Waals surface area (Å²) in [6, 6.07) is 0. The molecule has 1 aliphatic rings. The number of H-pyrrole nitrogens is 1. The lowest BCUT2D eigenvalue weighted by atomic mass is 10.0. The van der Waals surface area contributed by atoms with E-state index in [1.54, 1.807) is 6.92 Å². The van der Waals surface area contributed by atoms with Crippen molar-refractivity contribution in [2.24, 2.45) is 0 Å². The highest BCUT2D eigenvalue weighted by Crippen LogP contribution is 2.37. The van der Waals surface area contributed by atoms with Crippen LogP contribution >= 0.6 is 0 Å². The number of hydrogen-bond acceptors (Lipinski definition) is 9. The van der Waals surface area contributed by atoms with Gasteiger partial charge in [0.2, 0.25) is 11.9 Å². The number of aromatic nitrogens is 4. The van der Waals surface area contributed by atoms with Gasteiger partial charge in [-0.3, -0.25) is 34.0 Å². The topological polar surface area (TPSA) is 164 Å². The van der Waals surface area contributed by atoms with Gasteiger partial charge in [-0.1, -0.05) is 6.92 Å². The van der Waals surface area contributed by atoms with Crippen molar-refractivity contribution >= 4 is 35.0 Å². The SMILES string of the molecule is CCC(OC(C)=O)[C@H]1O[C@@H](n2c(=O)n(CCC(F)(F)F)c3c(=O)[nH]c(NC(C)=O)nc32)[C@H](OC(C)=O)[C@H]1F. The predicted octanol–water partition coefficient (Wildman–Crippen LogP) is 1.31. The second-order valence-electron chi connectivity index (χ2n) is 8.50. The Morgan fingerprint density at radius 2 is 1.84 bits per heavy atom.